The molecule has 0 amide bonds. The second kappa shape index (κ2) is 7.47. The molecule has 0 aliphatic carbocycles. The van der Waals surface area contributed by atoms with Crippen LogP contribution in [0.4, 0.5) is 0 Å². The van der Waals surface area contributed by atoms with Gasteiger partial charge in [-0.15, -0.1) is 11.8 Å². The van der Waals surface area contributed by atoms with Gasteiger partial charge in [-0.25, -0.2) is 0 Å². The Morgan fingerprint density at radius 1 is 0.957 bits per heavy atom. The molecule has 0 radical (unpaired) electrons. The Labute approximate surface area is 140 Å². The monoisotopic (exact) mass is 326 g/mol. The van der Waals surface area contributed by atoms with Crippen LogP contribution < -0.4 is 0 Å². The number of cyclic esters (lactones) is 1. The number of rotatable bonds is 5. The van der Waals surface area contributed by atoms with Gasteiger partial charge in [0.1, 0.15) is 6.10 Å². The van der Waals surface area contributed by atoms with Gasteiger partial charge in [-0.1, -0.05) is 60.7 Å². The van der Waals surface area contributed by atoms with Crippen molar-refractivity contribution < 1.29 is 14.3 Å². The number of ether oxygens (including phenoxy) is 1. The van der Waals surface area contributed by atoms with Crippen LogP contribution in [0.1, 0.15) is 23.7 Å². The van der Waals surface area contributed by atoms with Crippen LogP contribution in [0.3, 0.4) is 0 Å². The second-order valence-electron chi connectivity index (χ2n) is 5.49. The molecule has 0 bridgehead atoms. The van der Waals surface area contributed by atoms with Crippen molar-refractivity contribution in [3.63, 3.8) is 0 Å². The Kier molecular flexibility index (Phi) is 5.13. The van der Waals surface area contributed by atoms with Crippen LogP contribution in [0.25, 0.3) is 0 Å². The van der Waals surface area contributed by atoms with Crippen molar-refractivity contribution in [3.8, 4) is 0 Å². The van der Waals surface area contributed by atoms with Crippen molar-refractivity contribution in [1.29, 1.82) is 0 Å². The van der Waals surface area contributed by atoms with Gasteiger partial charge in [0.2, 0.25) is 0 Å². The van der Waals surface area contributed by atoms with Crippen molar-refractivity contribution in [2.75, 3.05) is 5.75 Å². The highest BCUT2D eigenvalue weighted by molar-refractivity contribution is 8.01. The molecule has 0 saturated carbocycles. The van der Waals surface area contributed by atoms with Crippen molar-refractivity contribution in [2.24, 2.45) is 0 Å². The van der Waals surface area contributed by atoms with Crippen molar-refractivity contribution in [2.45, 2.75) is 24.2 Å². The maximum Gasteiger partial charge on any atom is 0.327 e. The maximum absolute atomic E-state index is 12.3. The lowest BCUT2D eigenvalue weighted by Gasteiger charge is -2.27. The summed E-state index contributed by atoms with van der Waals surface area (Å²) in [4.78, 5) is 24.5. The molecule has 2 atom stereocenters. The lowest BCUT2D eigenvalue weighted by molar-refractivity contribution is -0.157. The molecule has 0 aromatic heterocycles. The fourth-order valence-corrected chi connectivity index (χ4v) is 3.68. The molecule has 0 N–H and O–H groups in total. The molecule has 0 spiro atoms. The number of esters is 1. The molecule has 1 aliphatic rings. The van der Waals surface area contributed by atoms with Crippen LogP contribution in [-0.4, -0.2) is 22.8 Å². The largest absolute Gasteiger partial charge is 0.456 e. The van der Waals surface area contributed by atoms with Crippen LogP contribution in [0.5, 0.6) is 0 Å². The number of ketones is 1. The Balaban J connectivity index is 1.56. The molecular weight excluding hydrogens is 308 g/mol. The number of thioether (sulfide) groups is 1. The quantitative estimate of drug-likeness (QED) is 0.622. The van der Waals surface area contributed by atoms with Crippen LogP contribution in [0.15, 0.2) is 60.7 Å². The zero-order valence-corrected chi connectivity index (χ0v) is 13.5. The summed E-state index contributed by atoms with van der Waals surface area (Å²) in [7, 11) is 0. The molecule has 2 aromatic carbocycles. The van der Waals surface area contributed by atoms with Gasteiger partial charge in [0, 0.05) is 6.42 Å². The van der Waals surface area contributed by atoms with E-state index in [1.807, 2.05) is 60.7 Å². The third-order valence-electron chi connectivity index (χ3n) is 3.84. The summed E-state index contributed by atoms with van der Waals surface area (Å²) in [6.45, 7) is 0. The van der Waals surface area contributed by atoms with Crippen LogP contribution in [0.2, 0.25) is 0 Å². The molecule has 1 saturated heterocycles. The lowest BCUT2D eigenvalue weighted by atomic mass is 10.00. The molecule has 118 valence electrons. The third kappa shape index (κ3) is 4.02. The molecule has 4 heteroatoms. The van der Waals surface area contributed by atoms with E-state index in [-0.39, 0.29) is 12.2 Å². The van der Waals surface area contributed by atoms with E-state index in [4.69, 9.17) is 4.74 Å². The van der Waals surface area contributed by atoms with E-state index in [1.165, 1.54) is 17.3 Å². The fraction of sp³-hybridized carbons (Fsp3) is 0.263. The summed E-state index contributed by atoms with van der Waals surface area (Å²) in [5.41, 5.74) is 2.08. The minimum atomic E-state index is -0.682. The predicted molar refractivity (Wildman–Crippen MR) is 91.3 cm³/mol. The van der Waals surface area contributed by atoms with E-state index in [9.17, 15) is 9.59 Å². The average Bonchev–Trinajstić information content (AvgIpc) is 2.59. The minimum Gasteiger partial charge on any atom is -0.456 e. The maximum atomic E-state index is 12.3. The van der Waals surface area contributed by atoms with E-state index in [0.717, 1.165) is 17.7 Å². The summed E-state index contributed by atoms with van der Waals surface area (Å²) in [6, 6.07) is 19.5. The summed E-state index contributed by atoms with van der Waals surface area (Å²) in [5.74, 6) is 0.284. The number of hydrogen-bond acceptors (Lipinski definition) is 4. The Morgan fingerprint density at radius 2 is 1.61 bits per heavy atom. The highest BCUT2D eigenvalue weighted by Crippen LogP contribution is 2.31. The molecule has 23 heavy (non-hydrogen) atoms. The first-order valence-corrected chi connectivity index (χ1v) is 8.72. The molecule has 1 heterocycles. The highest BCUT2D eigenvalue weighted by atomic mass is 32.2. The first kappa shape index (κ1) is 15.8. The molecule has 1 fully saturated rings. The first-order valence-electron chi connectivity index (χ1n) is 7.68. The van der Waals surface area contributed by atoms with E-state index in [0.29, 0.717) is 0 Å². The van der Waals surface area contributed by atoms with Gasteiger partial charge in [-0.2, -0.15) is 0 Å². The first-order chi connectivity index (χ1) is 11.2. The van der Waals surface area contributed by atoms with Gasteiger partial charge in [0.25, 0.3) is 0 Å². The van der Waals surface area contributed by atoms with E-state index in [2.05, 4.69) is 0 Å². The number of aryl methyl sites for hydroxylation is 1. The van der Waals surface area contributed by atoms with Crippen LogP contribution in [0, 0.1) is 0 Å². The van der Waals surface area contributed by atoms with Gasteiger partial charge in [0.05, 0.1) is 0 Å². The smallest absolute Gasteiger partial charge is 0.327 e. The topological polar surface area (TPSA) is 43.4 Å². The number of carbonyl (C=O) groups is 2. The number of Topliss-reactive ketones (excluding diaryl/α,β-unsaturated/α-hetero) is 1. The fourth-order valence-electron chi connectivity index (χ4n) is 2.62. The Bertz CT molecular complexity index is 652. The molecule has 3 rings (SSSR count). The Morgan fingerprint density at radius 3 is 2.26 bits per heavy atom. The molecular formula is C19H18O3S. The number of hydrogen-bond donors (Lipinski definition) is 0. The zero-order chi connectivity index (χ0) is 16.1. The normalized spacial score (nSPS) is 21.0. The number of benzene rings is 2. The van der Waals surface area contributed by atoms with E-state index in [1.54, 1.807) is 0 Å². The molecule has 2 aromatic rings. The van der Waals surface area contributed by atoms with Crippen molar-refractivity contribution in [1.82, 2.24) is 0 Å². The van der Waals surface area contributed by atoms with Gasteiger partial charge in [0.15, 0.2) is 11.0 Å². The van der Waals surface area contributed by atoms with Crippen molar-refractivity contribution >= 4 is 23.5 Å². The second-order valence-corrected chi connectivity index (χ2v) is 6.71. The van der Waals surface area contributed by atoms with Gasteiger partial charge in [-0.05, 0) is 23.3 Å². The van der Waals surface area contributed by atoms with Crippen LogP contribution >= 0.6 is 11.8 Å². The molecule has 2 unspecified atom stereocenters. The van der Waals surface area contributed by atoms with E-state index < -0.39 is 17.3 Å². The Hall–Kier alpha value is -2.07. The van der Waals surface area contributed by atoms with E-state index >= 15 is 0 Å². The number of carbonyl (C=O) groups excluding carboxylic acids is 2. The van der Waals surface area contributed by atoms with Gasteiger partial charge >= 0.3 is 5.97 Å². The molecule has 3 nitrogen and oxygen atoms in total. The van der Waals surface area contributed by atoms with Crippen molar-refractivity contribution in [3.05, 3.63) is 71.8 Å². The SMILES string of the molecule is O=C1CC(c2ccccc2)OC(=O)C1SCCc1ccccc1. The molecule has 1 aliphatic heterocycles. The van der Waals surface area contributed by atoms with Gasteiger partial charge in [-0.3, -0.25) is 9.59 Å². The minimum absolute atomic E-state index is 0.0341. The zero-order valence-electron chi connectivity index (χ0n) is 12.7. The summed E-state index contributed by atoms with van der Waals surface area (Å²) in [5, 5.41) is -0.682. The van der Waals surface area contributed by atoms with Gasteiger partial charge < -0.3 is 4.74 Å². The summed E-state index contributed by atoms with van der Waals surface area (Å²) in [6.07, 6.45) is 0.658. The average molecular weight is 326 g/mol. The highest BCUT2D eigenvalue weighted by Gasteiger charge is 2.37. The summed E-state index contributed by atoms with van der Waals surface area (Å²) < 4.78 is 5.48. The third-order valence-corrected chi connectivity index (χ3v) is 5.07. The van der Waals surface area contributed by atoms with Crippen LogP contribution in [-0.2, 0) is 20.7 Å². The predicted octanol–water partition coefficient (Wildman–Crippen LogP) is 3.59. The lowest BCUT2D eigenvalue weighted by Crippen LogP contribution is -2.37. The summed E-state index contributed by atoms with van der Waals surface area (Å²) >= 11 is 1.38. The standard InChI is InChI=1S/C19H18O3S/c20-16-13-17(15-9-5-2-6-10-15)22-19(21)18(16)23-12-11-14-7-3-1-4-8-14/h1-10,17-18H,11-13H2.